The first-order chi connectivity index (χ1) is 13.0. The number of benzene rings is 2. The quantitative estimate of drug-likeness (QED) is 0.836. The van der Waals surface area contributed by atoms with Gasteiger partial charge in [-0.2, -0.15) is 0 Å². The smallest absolute Gasteiger partial charge is 0.203 e. The van der Waals surface area contributed by atoms with Crippen molar-refractivity contribution in [1.82, 2.24) is 4.90 Å². The van der Waals surface area contributed by atoms with Gasteiger partial charge in [0, 0.05) is 19.1 Å². The van der Waals surface area contributed by atoms with Crippen molar-refractivity contribution < 1.29 is 24.1 Å². The van der Waals surface area contributed by atoms with E-state index in [9.17, 15) is 5.11 Å². The molecule has 2 aromatic rings. The average Bonchev–Trinajstić information content (AvgIpc) is 2.69. The van der Waals surface area contributed by atoms with Crippen LogP contribution in [0.3, 0.4) is 0 Å². The SMILES string of the molecule is COc1cc2c(cc1O)CCN(Cc1cc(OC)c(OC)c(OC)c1)C2C. The minimum atomic E-state index is 0.196. The van der Waals surface area contributed by atoms with Gasteiger partial charge in [0.15, 0.2) is 23.0 Å². The normalized spacial score (nSPS) is 16.6. The fourth-order valence-corrected chi connectivity index (χ4v) is 3.73. The van der Waals surface area contributed by atoms with E-state index in [2.05, 4.69) is 11.8 Å². The van der Waals surface area contributed by atoms with Crippen molar-refractivity contribution >= 4 is 0 Å². The Morgan fingerprint density at radius 3 is 2.11 bits per heavy atom. The van der Waals surface area contributed by atoms with Crippen LogP contribution in [0.2, 0.25) is 0 Å². The van der Waals surface area contributed by atoms with Crippen molar-refractivity contribution in [3.05, 3.63) is 41.0 Å². The molecule has 27 heavy (non-hydrogen) atoms. The molecule has 1 aliphatic heterocycles. The summed E-state index contributed by atoms with van der Waals surface area (Å²) in [6.45, 7) is 3.82. The lowest BCUT2D eigenvalue weighted by Crippen LogP contribution is -2.33. The number of hydrogen-bond donors (Lipinski definition) is 1. The fourth-order valence-electron chi connectivity index (χ4n) is 3.73. The summed E-state index contributed by atoms with van der Waals surface area (Å²) < 4.78 is 21.6. The molecule has 0 fully saturated rings. The average molecular weight is 373 g/mol. The minimum absolute atomic E-state index is 0.196. The molecule has 6 nitrogen and oxygen atoms in total. The molecule has 0 radical (unpaired) electrons. The van der Waals surface area contributed by atoms with E-state index in [4.69, 9.17) is 18.9 Å². The molecule has 0 bridgehead atoms. The summed E-state index contributed by atoms with van der Waals surface area (Å²) in [5, 5.41) is 10.0. The molecule has 3 rings (SSSR count). The van der Waals surface area contributed by atoms with Crippen molar-refractivity contribution in [3.63, 3.8) is 0 Å². The first-order valence-electron chi connectivity index (χ1n) is 8.95. The zero-order chi connectivity index (χ0) is 19.6. The van der Waals surface area contributed by atoms with Crippen molar-refractivity contribution in [2.24, 2.45) is 0 Å². The Labute approximate surface area is 160 Å². The Morgan fingerprint density at radius 1 is 0.926 bits per heavy atom. The summed E-state index contributed by atoms with van der Waals surface area (Å²) in [6.07, 6.45) is 0.877. The summed E-state index contributed by atoms with van der Waals surface area (Å²) in [5.74, 6) is 2.62. The zero-order valence-corrected chi connectivity index (χ0v) is 16.5. The van der Waals surface area contributed by atoms with E-state index < -0.39 is 0 Å². The van der Waals surface area contributed by atoms with E-state index in [1.54, 1.807) is 28.4 Å². The number of ether oxygens (including phenoxy) is 4. The number of fused-ring (bicyclic) bond motifs is 1. The summed E-state index contributed by atoms with van der Waals surface area (Å²) in [7, 11) is 6.42. The van der Waals surface area contributed by atoms with Gasteiger partial charge in [-0.3, -0.25) is 4.90 Å². The molecule has 146 valence electrons. The molecule has 1 atom stereocenters. The van der Waals surface area contributed by atoms with Crippen LogP contribution in [-0.2, 0) is 13.0 Å². The summed E-state index contributed by atoms with van der Waals surface area (Å²) in [6, 6.07) is 7.93. The molecule has 1 unspecified atom stereocenters. The molecule has 6 heteroatoms. The van der Waals surface area contributed by atoms with Crippen molar-refractivity contribution in [2.45, 2.75) is 25.9 Å². The van der Waals surface area contributed by atoms with Gasteiger partial charge < -0.3 is 24.1 Å². The number of phenolic OH excluding ortho intramolecular Hbond substituents is 1. The molecule has 1 N–H and O–H groups in total. The molecule has 0 aliphatic carbocycles. The molecule has 1 heterocycles. The molecular weight excluding hydrogens is 346 g/mol. The van der Waals surface area contributed by atoms with Crippen LogP contribution < -0.4 is 18.9 Å². The molecule has 0 amide bonds. The molecule has 2 aromatic carbocycles. The highest BCUT2D eigenvalue weighted by atomic mass is 16.5. The largest absolute Gasteiger partial charge is 0.504 e. The van der Waals surface area contributed by atoms with Crippen LogP contribution in [0.15, 0.2) is 24.3 Å². The van der Waals surface area contributed by atoms with E-state index in [0.29, 0.717) is 23.0 Å². The highest BCUT2D eigenvalue weighted by Gasteiger charge is 2.26. The van der Waals surface area contributed by atoms with Crippen LogP contribution >= 0.6 is 0 Å². The van der Waals surface area contributed by atoms with Crippen molar-refractivity contribution in [2.75, 3.05) is 35.0 Å². The van der Waals surface area contributed by atoms with Crippen molar-refractivity contribution in [1.29, 1.82) is 0 Å². The first-order valence-corrected chi connectivity index (χ1v) is 8.95. The van der Waals surface area contributed by atoms with Gasteiger partial charge in [0.2, 0.25) is 5.75 Å². The van der Waals surface area contributed by atoms with Crippen LogP contribution in [-0.4, -0.2) is 45.0 Å². The Kier molecular flexibility index (Phi) is 5.65. The van der Waals surface area contributed by atoms with Crippen LogP contribution in [0.5, 0.6) is 28.7 Å². The second kappa shape index (κ2) is 7.96. The maximum Gasteiger partial charge on any atom is 0.203 e. The molecule has 1 aliphatic rings. The van der Waals surface area contributed by atoms with Gasteiger partial charge in [-0.05, 0) is 54.3 Å². The van der Waals surface area contributed by atoms with Gasteiger partial charge in [-0.15, -0.1) is 0 Å². The molecular formula is C21H27NO5. The predicted molar refractivity (Wildman–Crippen MR) is 103 cm³/mol. The Morgan fingerprint density at radius 2 is 1.56 bits per heavy atom. The van der Waals surface area contributed by atoms with E-state index >= 15 is 0 Å². The highest BCUT2D eigenvalue weighted by Crippen LogP contribution is 2.41. The Bertz CT molecular complexity index is 795. The summed E-state index contributed by atoms with van der Waals surface area (Å²) >= 11 is 0. The summed E-state index contributed by atoms with van der Waals surface area (Å²) in [4.78, 5) is 2.39. The molecule has 0 saturated carbocycles. The van der Waals surface area contributed by atoms with Crippen LogP contribution in [0.1, 0.15) is 29.7 Å². The molecule has 0 spiro atoms. The lowest BCUT2D eigenvalue weighted by atomic mass is 9.92. The third-order valence-electron chi connectivity index (χ3n) is 5.22. The van der Waals surface area contributed by atoms with Gasteiger partial charge in [0.05, 0.1) is 28.4 Å². The second-order valence-corrected chi connectivity index (χ2v) is 6.65. The van der Waals surface area contributed by atoms with Crippen LogP contribution in [0.4, 0.5) is 0 Å². The Balaban J connectivity index is 1.89. The Hall–Kier alpha value is -2.60. The van der Waals surface area contributed by atoms with E-state index in [1.807, 2.05) is 24.3 Å². The number of methoxy groups -OCH3 is 4. The van der Waals surface area contributed by atoms with Crippen molar-refractivity contribution in [3.8, 4) is 28.7 Å². The number of rotatable bonds is 6. The predicted octanol–water partition coefficient (Wildman–Crippen LogP) is 3.55. The standard InChI is InChI=1S/C21H27NO5/c1-13-16-11-18(24-2)17(23)10-15(16)6-7-22(13)12-14-8-19(25-3)21(27-5)20(9-14)26-4/h8-11,13,23H,6-7,12H2,1-5H3. The second-order valence-electron chi connectivity index (χ2n) is 6.65. The highest BCUT2D eigenvalue weighted by molar-refractivity contribution is 5.54. The van der Waals surface area contributed by atoms with Crippen LogP contribution in [0.25, 0.3) is 0 Å². The maximum atomic E-state index is 10.0. The number of nitrogens with zero attached hydrogens (tertiary/aromatic N) is 1. The van der Waals surface area contributed by atoms with Gasteiger partial charge >= 0.3 is 0 Å². The van der Waals surface area contributed by atoms with E-state index in [-0.39, 0.29) is 11.8 Å². The van der Waals surface area contributed by atoms with Gasteiger partial charge in [0.25, 0.3) is 0 Å². The first kappa shape index (κ1) is 19.2. The molecule has 0 aromatic heterocycles. The molecule has 0 saturated heterocycles. The topological polar surface area (TPSA) is 60.4 Å². The zero-order valence-electron chi connectivity index (χ0n) is 16.5. The number of phenols is 1. The van der Waals surface area contributed by atoms with Gasteiger partial charge in [-0.1, -0.05) is 0 Å². The van der Waals surface area contributed by atoms with E-state index in [0.717, 1.165) is 25.1 Å². The summed E-state index contributed by atoms with van der Waals surface area (Å²) in [5.41, 5.74) is 3.44. The number of hydrogen-bond acceptors (Lipinski definition) is 6. The lowest BCUT2D eigenvalue weighted by molar-refractivity contribution is 0.188. The third-order valence-corrected chi connectivity index (χ3v) is 5.22. The number of aromatic hydroxyl groups is 1. The fraction of sp³-hybridized carbons (Fsp3) is 0.429. The van der Waals surface area contributed by atoms with E-state index in [1.165, 1.54) is 11.1 Å². The monoisotopic (exact) mass is 373 g/mol. The third kappa shape index (κ3) is 3.62. The lowest BCUT2D eigenvalue weighted by Gasteiger charge is -2.35. The van der Waals surface area contributed by atoms with Crippen LogP contribution in [0, 0.1) is 0 Å². The van der Waals surface area contributed by atoms with Gasteiger partial charge in [0.1, 0.15) is 0 Å². The van der Waals surface area contributed by atoms with Gasteiger partial charge in [-0.25, -0.2) is 0 Å². The maximum absolute atomic E-state index is 10.0. The minimum Gasteiger partial charge on any atom is -0.504 e.